The molecular weight excluding hydrogens is 380 g/mol. The molecule has 0 radical (unpaired) electrons. The van der Waals surface area contributed by atoms with Crippen LogP contribution in [0.4, 0.5) is 11.5 Å². The normalized spacial score (nSPS) is 17.3. The number of hydrogen-bond donors (Lipinski definition) is 2. The van der Waals surface area contributed by atoms with Crippen LogP contribution in [0.25, 0.3) is 0 Å². The minimum atomic E-state index is -0.345. The standard InChI is InChI=1S/C20H21ClN4O3/c21-15-3-1-13(2-4-15)12-25-17-9-14(10-22-19(17)23-11-18(25)27)20(28)24-7-5-16(26)6-8-24/h1-4,9-10,16,26H,5-8,11-12H2,(H,22,23). The van der Waals surface area contributed by atoms with E-state index in [9.17, 15) is 14.7 Å². The molecular formula is C20H21ClN4O3. The molecule has 2 N–H and O–H groups in total. The van der Waals surface area contributed by atoms with E-state index in [1.807, 2.05) is 12.1 Å². The molecule has 0 unspecified atom stereocenters. The number of benzene rings is 1. The summed E-state index contributed by atoms with van der Waals surface area (Å²) in [5.74, 6) is 0.362. The van der Waals surface area contributed by atoms with Crippen LogP contribution in [0.1, 0.15) is 28.8 Å². The van der Waals surface area contributed by atoms with Gasteiger partial charge in [0.25, 0.3) is 5.91 Å². The number of anilines is 2. The first-order chi connectivity index (χ1) is 13.5. The van der Waals surface area contributed by atoms with Gasteiger partial charge in [-0.1, -0.05) is 23.7 Å². The molecule has 8 heteroatoms. The average molecular weight is 401 g/mol. The molecule has 4 rings (SSSR count). The number of hydrogen-bond acceptors (Lipinski definition) is 5. The van der Waals surface area contributed by atoms with Crippen LogP contribution in [0.3, 0.4) is 0 Å². The summed E-state index contributed by atoms with van der Waals surface area (Å²) in [5.41, 5.74) is 1.97. The highest BCUT2D eigenvalue weighted by Crippen LogP contribution is 2.30. The van der Waals surface area contributed by atoms with Gasteiger partial charge in [-0.15, -0.1) is 0 Å². The van der Waals surface area contributed by atoms with Crippen molar-refractivity contribution in [1.29, 1.82) is 0 Å². The predicted molar refractivity (Wildman–Crippen MR) is 107 cm³/mol. The Morgan fingerprint density at radius 3 is 2.68 bits per heavy atom. The Bertz CT molecular complexity index is 895. The number of halogens is 1. The third-order valence-electron chi connectivity index (χ3n) is 5.12. The zero-order chi connectivity index (χ0) is 19.7. The number of pyridine rings is 1. The number of likely N-dealkylation sites (tertiary alicyclic amines) is 1. The van der Waals surface area contributed by atoms with Crippen molar-refractivity contribution in [3.63, 3.8) is 0 Å². The fraction of sp³-hybridized carbons (Fsp3) is 0.350. The fourth-order valence-electron chi connectivity index (χ4n) is 3.50. The minimum absolute atomic E-state index is 0.0880. The Kier molecular flexibility index (Phi) is 5.19. The van der Waals surface area contributed by atoms with Crippen molar-refractivity contribution in [2.45, 2.75) is 25.5 Å². The van der Waals surface area contributed by atoms with Crippen molar-refractivity contribution in [1.82, 2.24) is 9.88 Å². The summed E-state index contributed by atoms with van der Waals surface area (Å²) in [7, 11) is 0. The SMILES string of the molecule is O=C(c1cnc2c(c1)N(Cc1ccc(Cl)cc1)C(=O)CN2)N1CCC(O)CC1. The zero-order valence-electron chi connectivity index (χ0n) is 15.3. The lowest BCUT2D eigenvalue weighted by Crippen LogP contribution is -2.41. The molecule has 0 bridgehead atoms. The van der Waals surface area contributed by atoms with Crippen LogP contribution in [0.5, 0.6) is 0 Å². The summed E-state index contributed by atoms with van der Waals surface area (Å²) in [4.78, 5) is 33.1. The van der Waals surface area contributed by atoms with Gasteiger partial charge in [0.1, 0.15) is 0 Å². The number of carbonyl (C=O) groups is 2. The van der Waals surface area contributed by atoms with E-state index in [0.29, 0.717) is 54.6 Å². The molecule has 0 saturated carbocycles. The molecule has 0 spiro atoms. The van der Waals surface area contributed by atoms with Crippen molar-refractivity contribution in [2.75, 3.05) is 29.9 Å². The van der Waals surface area contributed by atoms with Crippen molar-refractivity contribution < 1.29 is 14.7 Å². The van der Waals surface area contributed by atoms with Crippen LogP contribution < -0.4 is 10.2 Å². The summed E-state index contributed by atoms with van der Waals surface area (Å²) in [6, 6.07) is 9.04. The Labute approximate surface area is 167 Å². The van der Waals surface area contributed by atoms with E-state index < -0.39 is 0 Å². The molecule has 1 saturated heterocycles. The topological polar surface area (TPSA) is 85.8 Å². The van der Waals surface area contributed by atoms with Crippen LogP contribution in [-0.4, -0.2) is 52.5 Å². The van der Waals surface area contributed by atoms with Gasteiger partial charge in [-0.05, 0) is 36.6 Å². The molecule has 2 aromatic rings. The van der Waals surface area contributed by atoms with E-state index in [4.69, 9.17) is 11.6 Å². The largest absolute Gasteiger partial charge is 0.393 e. The van der Waals surface area contributed by atoms with Gasteiger partial charge in [-0.2, -0.15) is 0 Å². The number of amides is 2. The average Bonchev–Trinajstić information content (AvgIpc) is 2.71. The molecule has 28 heavy (non-hydrogen) atoms. The number of nitrogens with zero attached hydrogens (tertiary/aromatic N) is 3. The van der Waals surface area contributed by atoms with E-state index in [1.165, 1.54) is 6.20 Å². The maximum Gasteiger partial charge on any atom is 0.255 e. The van der Waals surface area contributed by atoms with Crippen LogP contribution in [-0.2, 0) is 11.3 Å². The second kappa shape index (κ2) is 7.77. The Balaban J connectivity index is 1.60. The number of piperidine rings is 1. The number of fused-ring (bicyclic) bond motifs is 1. The number of aliphatic hydroxyl groups excluding tert-OH is 1. The van der Waals surface area contributed by atoms with Gasteiger partial charge in [-0.3, -0.25) is 9.59 Å². The quantitative estimate of drug-likeness (QED) is 0.825. The summed E-state index contributed by atoms with van der Waals surface area (Å²) < 4.78 is 0. The highest BCUT2D eigenvalue weighted by Gasteiger charge is 2.28. The minimum Gasteiger partial charge on any atom is -0.393 e. The summed E-state index contributed by atoms with van der Waals surface area (Å²) in [6.07, 6.45) is 2.34. The maximum atomic E-state index is 12.8. The summed E-state index contributed by atoms with van der Waals surface area (Å²) in [6.45, 7) is 1.57. The van der Waals surface area contributed by atoms with Crippen molar-refractivity contribution in [2.24, 2.45) is 0 Å². The third kappa shape index (κ3) is 3.81. The lowest BCUT2D eigenvalue weighted by Gasteiger charge is -2.32. The van der Waals surface area contributed by atoms with Gasteiger partial charge in [-0.25, -0.2) is 4.98 Å². The molecule has 2 aliphatic heterocycles. The van der Waals surface area contributed by atoms with Gasteiger partial charge in [0.05, 0.1) is 30.4 Å². The number of carbonyl (C=O) groups excluding carboxylic acids is 2. The highest BCUT2D eigenvalue weighted by atomic mass is 35.5. The lowest BCUT2D eigenvalue weighted by atomic mass is 10.1. The van der Waals surface area contributed by atoms with Crippen molar-refractivity contribution in [3.8, 4) is 0 Å². The van der Waals surface area contributed by atoms with Crippen molar-refractivity contribution in [3.05, 3.63) is 52.7 Å². The molecule has 1 aromatic heterocycles. The van der Waals surface area contributed by atoms with Gasteiger partial charge < -0.3 is 20.2 Å². The second-order valence-electron chi connectivity index (χ2n) is 7.08. The summed E-state index contributed by atoms with van der Waals surface area (Å²) in [5, 5.41) is 13.3. The first kappa shape index (κ1) is 18.7. The highest BCUT2D eigenvalue weighted by molar-refractivity contribution is 6.30. The molecule has 1 aromatic carbocycles. The smallest absolute Gasteiger partial charge is 0.255 e. The van der Waals surface area contributed by atoms with Crippen LogP contribution in [0.2, 0.25) is 5.02 Å². The van der Waals surface area contributed by atoms with E-state index in [1.54, 1.807) is 28.0 Å². The van der Waals surface area contributed by atoms with E-state index >= 15 is 0 Å². The number of nitrogens with one attached hydrogen (secondary N) is 1. The molecule has 2 amide bonds. The first-order valence-electron chi connectivity index (χ1n) is 9.27. The molecule has 3 heterocycles. The summed E-state index contributed by atoms with van der Waals surface area (Å²) >= 11 is 5.94. The predicted octanol–water partition coefficient (Wildman–Crippen LogP) is 2.29. The van der Waals surface area contributed by atoms with Crippen LogP contribution in [0.15, 0.2) is 36.5 Å². The number of rotatable bonds is 3. The maximum absolute atomic E-state index is 12.8. The monoisotopic (exact) mass is 400 g/mol. The lowest BCUT2D eigenvalue weighted by molar-refractivity contribution is -0.117. The Hall–Kier alpha value is -2.64. The molecule has 2 aliphatic rings. The Morgan fingerprint density at radius 1 is 1.25 bits per heavy atom. The molecule has 7 nitrogen and oxygen atoms in total. The van der Waals surface area contributed by atoms with Gasteiger partial charge in [0.2, 0.25) is 5.91 Å². The number of aliphatic hydroxyl groups is 1. The van der Waals surface area contributed by atoms with E-state index in [-0.39, 0.29) is 24.5 Å². The van der Waals surface area contributed by atoms with Gasteiger partial charge in [0, 0.05) is 24.3 Å². The van der Waals surface area contributed by atoms with E-state index in [2.05, 4.69) is 10.3 Å². The zero-order valence-corrected chi connectivity index (χ0v) is 16.0. The van der Waals surface area contributed by atoms with Crippen LogP contribution >= 0.6 is 11.6 Å². The van der Waals surface area contributed by atoms with Crippen LogP contribution in [0, 0.1) is 0 Å². The third-order valence-corrected chi connectivity index (χ3v) is 5.37. The molecule has 146 valence electrons. The first-order valence-corrected chi connectivity index (χ1v) is 9.65. The van der Waals surface area contributed by atoms with E-state index in [0.717, 1.165) is 5.56 Å². The van der Waals surface area contributed by atoms with Gasteiger partial charge in [0.15, 0.2) is 5.82 Å². The van der Waals surface area contributed by atoms with Gasteiger partial charge >= 0.3 is 0 Å². The molecule has 0 aliphatic carbocycles. The van der Waals surface area contributed by atoms with Crippen molar-refractivity contribution >= 4 is 34.9 Å². The number of aromatic nitrogens is 1. The Morgan fingerprint density at radius 2 is 1.96 bits per heavy atom. The molecule has 1 fully saturated rings. The molecule has 0 atom stereocenters. The fourth-order valence-corrected chi connectivity index (χ4v) is 3.62. The second-order valence-corrected chi connectivity index (χ2v) is 7.51.